The van der Waals surface area contributed by atoms with E-state index in [4.69, 9.17) is 0 Å². The maximum atomic E-state index is 11.4. The largest absolute Gasteiger partial charge is 0.493 e. The maximum absolute atomic E-state index is 11.4. The highest BCUT2D eigenvalue weighted by Gasteiger charge is 2.15. The van der Waals surface area contributed by atoms with Crippen LogP contribution in [-0.4, -0.2) is 23.2 Å². The first-order valence-electron chi connectivity index (χ1n) is 4.29. The predicted molar refractivity (Wildman–Crippen MR) is 57.4 cm³/mol. The molecule has 0 aliphatic rings. The van der Waals surface area contributed by atoms with Crippen LogP contribution in [0.4, 0.5) is 0 Å². The second-order valence-corrected chi connectivity index (χ2v) is 4.00. The fraction of sp³-hybridized carbons (Fsp3) is 0.200. The summed E-state index contributed by atoms with van der Waals surface area (Å²) in [4.78, 5) is 15.3. The number of aromatic hydroxyl groups is 1. The van der Waals surface area contributed by atoms with Crippen LogP contribution in [0.1, 0.15) is 15.9 Å². The van der Waals surface area contributed by atoms with Gasteiger partial charge in [-0.05, 0) is 12.5 Å². The summed E-state index contributed by atoms with van der Waals surface area (Å²) in [6.07, 6.45) is 0. The zero-order valence-corrected chi connectivity index (χ0v) is 9.09. The summed E-state index contributed by atoms with van der Waals surface area (Å²) in [6, 6.07) is 1.57. The number of rotatable bonds is 1. The van der Waals surface area contributed by atoms with Crippen molar-refractivity contribution < 1.29 is 14.6 Å². The van der Waals surface area contributed by atoms with E-state index < -0.39 is 5.97 Å². The molecule has 0 spiro atoms. The number of hydrogen-bond donors (Lipinski definition) is 1. The van der Waals surface area contributed by atoms with Crippen LogP contribution < -0.4 is 0 Å². The van der Waals surface area contributed by atoms with Crippen molar-refractivity contribution in [2.75, 3.05) is 7.11 Å². The number of ether oxygens (including phenoxy) is 1. The van der Waals surface area contributed by atoms with Gasteiger partial charge >= 0.3 is 5.97 Å². The lowest BCUT2D eigenvalue weighted by Gasteiger charge is -1.99. The van der Waals surface area contributed by atoms with Crippen molar-refractivity contribution in [1.82, 2.24) is 4.98 Å². The van der Waals surface area contributed by atoms with Crippen LogP contribution >= 0.6 is 11.3 Å². The SMILES string of the molecule is COC(=O)c1csc2c(C)cc(O)nc12. The van der Waals surface area contributed by atoms with E-state index in [9.17, 15) is 9.90 Å². The van der Waals surface area contributed by atoms with Gasteiger partial charge in [0.05, 0.1) is 22.9 Å². The molecule has 0 aliphatic heterocycles. The molecule has 0 atom stereocenters. The number of thiophene rings is 1. The minimum absolute atomic E-state index is 0.0800. The molecule has 0 bridgehead atoms. The standard InChI is InChI=1S/C10H9NO3S/c1-5-3-7(12)11-8-6(10(13)14-2)4-15-9(5)8/h3-4H,1-2H3,(H,11,12). The topological polar surface area (TPSA) is 59.4 Å². The molecule has 5 heteroatoms. The predicted octanol–water partition coefficient (Wildman–Crippen LogP) is 2.10. The Bertz CT molecular complexity index is 533. The van der Waals surface area contributed by atoms with E-state index in [1.54, 1.807) is 11.4 Å². The van der Waals surface area contributed by atoms with Gasteiger partial charge in [-0.3, -0.25) is 0 Å². The van der Waals surface area contributed by atoms with Gasteiger partial charge in [0.15, 0.2) is 0 Å². The van der Waals surface area contributed by atoms with E-state index in [1.165, 1.54) is 18.4 Å². The lowest BCUT2D eigenvalue weighted by Crippen LogP contribution is -2.00. The van der Waals surface area contributed by atoms with Gasteiger partial charge in [-0.2, -0.15) is 0 Å². The summed E-state index contributed by atoms with van der Waals surface area (Å²) < 4.78 is 5.53. The molecule has 0 aliphatic carbocycles. The number of methoxy groups -OCH3 is 1. The Morgan fingerprint density at radius 1 is 1.60 bits per heavy atom. The van der Waals surface area contributed by atoms with Gasteiger partial charge in [-0.1, -0.05) is 0 Å². The number of aromatic nitrogens is 1. The van der Waals surface area contributed by atoms with Crippen LogP contribution in [0.5, 0.6) is 5.88 Å². The highest BCUT2D eigenvalue weighted by atomic mass is 32.1. The molecule has 0 aromatic carbocycles. The first kappa shape index (κ1) is 9.92. The number of esters is 1. The van der Waals surface area contributed by atoms with Crippen molar-refractivity contribution in [3.63, 3.8) is 0 Å². The van der Waals surface area contributed by atoms with Crippen molar-refractivity contribution >= 4 is 27.5 Å². The first-order chi connectivity index (χ1) is 7.13. The molecule has 2 rings (SSSR count). The van der Waals surface area contributed by atoms with Crippen LogP contribution in [-0.2, 0) is 4.74 Å². The van der Waals surface area contributed by atoms with E-state index in [1.807, 2.05) is 6.92 Å². The summed E-state index contributed by atoms with van der Waals surface area (Å²) in [6.45, 7) is 1.86. The third-order valence-corrected chi connectivity index (χ3v) is 3.20. The second kappa shape index (κ2) is 3.51. The molecule has 4 nitrogen and oxygen atoms in total. The lowest BCUT2D eigenvalue weighted by atomic mass is 10.2. The summed E-state index contributed by atoms with van der Waals surface area (Å²) in [5.41, 5.74) is 1.80. The number of fused-ring (bicyclic) bond motifs is 1. The van der Waals surface area contributed by atoms with Crippen LogP contribution in [0.25, 0.3) is 10.2 Å². The first-order valence-corrected chi connectivity index (χ1v) is 5.17. The van der Waals surface area contributed by atoms with E-state index >= 15 is 0 Å². The van der Waals surface area contributed by atoms with Crippen molar-refractivity contribution in [3.8, 4) is 5.88 Å². The average Bonchev–Trinajstić information content (AvgIpc) is 2.60. The van der Waals surface area contributed by atoms with Gasteiger partial charge in [0.1, 0.15) is 0 Å². The number of carbonyl (C=O) groups is 1. The summed E-state index contributed by atoms with van der Waals surface area (Å²) in [7, 11) is 1.32. The molecule has 0 saturated carbocycles. The van der Waals surface area contributed by atoms with Gasteiger partial charge in [0, 0.05) is 11.4 Å². The fourth-order valence-electron chi connectivity index (χ4n) is 1.40. The van der Waals surface area contributed by atoms with E-state index in [0.29, 0.717) is 11.1 Å². The number of hydrogen-bond acceptors (Lipinski definition) is 5. The van der Waals surface area contributed by atoms with Crippen LogP contribution in [0.2, 0.25) is 0 Å². The zero-order valence-electron chi connectivity index (χ0n) is 8.27. The molecule has 15 heavy (non-hydrogen) atoms. The molecule has 0 fully saturated rings. The zero-order chi connectivity index (χ0) is 11.0. The van der Waals surface area contributed by atoms with E-state index in [-0.39, 0.29) is 5.88 Å². The summed E-state index contributed by atoms with van der Waals surface area (Å²) in [5, 5.41) is 11.0. The quantitative estimate of drug-likeness (QED) is 0.752. The minimum Gasteiger partial charge on any atom is -0.493 e. The number of nitrogens with zero attached hydrogens (tertiary/aromatic N) is 1. The monoisotopic (exact) mass is 223 g/mol. The molecule has 1 N–H and O–H groups in total. The molecule has 0 unspecified atom stereocenters. The normalized spacial score (nSPS) is 10.5. The second-order valence-electron chi connectivity index (χ2n) is 3.12. The molecular weight excluding hydrogens is 214 g/mol. The molecule has 2 aromatic rings. The van der Waals surface area contributed by atoms with E-state index in [0.717, 1.165) is 10.3 Å². The Morgan fingerprint density at radius 2 is 2.33 bits per heavy atom. The summed E-state index contributed by atoms with van der Waals surface area (Å²) >= 11 is 1.42. The van der Waals surface area contributed by atoms with E-state index in [2.05, 4.69) is 9.72 Å². The Morgan fingerprint density at radius 3 is 3.00 bits per heavy atom. The maximum Gasteiger partial charge on any atom is 0.340 e. The van der Waals surface area contributed by atoms with Crippen LogP contribution in [0, 0.1) is 6.92 Å². The Kier molecular flexibility index (Phi) is 2.32. The van der Waals surface area contributed by atoms with Gasteiger partial charge in [-0.25, -0.2) is 9.78 Å². The molecular formula is C10H9NO3S. The van der Waals surface area contributed by atoms with Gasteiger partial charge in [0.25, 0.3) is 0 Å². The highest BCUT2D eigenvalue weighted by molar-refractivity contribution is 7.17. The smallest absolute Gasteiger partial charge is 0.340 e. The van der Waals surface area contributed by atoms with Crippen LogP contribution in [0.3, 0.4) is 0 Å². The minimum atomic E-state index is -0.432. The number of pyridine rings is 1. The van der Waals surface area contributed by atoms with Gasteiger partial charge < -0.3 is 9.84 Å². The van der Waals surface area contributed by atoms with Gasteiger partial charge in [0.2, 0.25) is 5.88 Å². The van der Waals surface area contributed by atoms with Crippen LogP contribution in [0.15, 0.2) is 11.4 Å². The van der Waals surface area contributed by atoms with Crippen molar-refractivity contribution in [1.29, 1.82) is 0 Å². The average molecular weight is 223 g/mol. The van der Waals surface area contributed by atoms with Crippen molar-refractivity contribution in [3.05, 3.63) is 22.6 Å². The number of aryl methyl sites for hydroxylation is 1. The number of carbonyl (C=O) groups excluding carboxylic acids is 1. The molecule has 2 heterocycles. The molecule has 2 aromatic heterocycles. The molecule has 0 amide bonds. The van der Waals surface area contributed by atoms with Crippen molar-refractivity contribution in [2.24, 2.45) is 0 Å². The fourth-order valence-corrected chi connectivity index (χ4v) is 2.36. The summed E-state index contributed by atoms with van der Waals surface area (Å²) in [5.74, 6) is -0.512. The van der Waals surface area contributed by atoms with Crippen molar-refractivity contribution in [2.45, 2.75) is 6.92 Å². The Balaban J connectivity index is 2.74. The molecule has 78 valence electrons. The van der Waals surface area contributed by atoms with Gasteiger partial charge in [-0.15, -0.1) is 11.3 Å². The Hall–Kier alpha value is -1.62. The lowest BCUT2D eigenvalue weighted by molar-refractivity contribution is 0.0603. The third kappa shape index (κ3) is 1.55. The molecule has 0 radical (unpaired) electrons. The molecule has 0 saturated heterocycles. The highest BCUT2D eigenvalue weighted by Crippen LogP contribution is 2.29. The Labute approximate surface area is 90.1 Å². The third-order valence-electron chi connectivity index (χ3n) is 2.10.